The molecule has 0 aliphatic carbocycles. The average Bonchev–Trinajstić information content (AvgIpc) is 2.13. The lowest BCUT2D eigenvalue weighted by molar-refractivity contribution is -0.116. The van der Waals surface area contributed by atoms with Gasteiger partial charge in [0, 0.05) is 0 Å². The van der Waals surface area contributed by atoms with Crippen molar-refractivity contribution in [2.24, 2.45) is 0 Å². The number of hydrogen-bond donors (Lipinski definition) is 0. The van der Waals surface area contributed by atoms with Crippen LogP contribution in [0.25, 0.3) is 0 Å². The molecule has 1 nitrogen and oxygen atoms in total. The molecular formula is C11H11Br2FO. The molecule has 4 heteroatoms. The van der Waals surface area contributed by atoms with Crippen molar-refractivity contribution in [2.75, 3.05) is 0 Å². The summed E-state index contributed by atoms with van der Waals surface area (Å²) in [6.07, 6.45) is 0.583. The molecule has 0 radical (unpaired) electrons. The van der Waals surface area contributed by atoms with Gasteiger partial charge < -0.3 is 0 Å². The normalized spacial score (nSPS) is 12.6. The zero-order chi connectivity index (χ0) is 11.6. The minimum atomic E-state index is -0.273. The van der Waals surface area contributed by atoms with Crippen LogP contribution in [0.4, 0.5) is 4.39 Å². The van der Waals surface area contributed by atoms with Crippen LogP contribution in [0.2, 0.25) is 0 Å². The number of aryl methyl sites for hydroxylation is 1. The molecule has 0 aliphatic rings. The third kappa shape index (κ3) is 3.38. The van der Waals surface area contributed by atoms with Crippen molar-refractivity contribution in [2.45, 2.75) is 25.1 Å². The first kappa shape index (κ1) is 12.8. The van der Waals surface area contributed by atoms with Gasteiger partial charge in [-0.05, 0) is 59.5 Å². The van der Waals surface area contributed by atoms with E-state index in [1.807, 2.05) is 6.92 Å². The highest BCUT2D eigenvalue weighted by Gasteiger charge is 2.13. The molecule has 0 bridgehead atoms. The van der Waals surface area contributed by atoms with E-state index in [4.69, 9.17) is 0 Å². The molecule has 0 saturated heterocycles. The van der Waals surface area contributed by atoms with E-state index in [1.165, 1.54) is 13.0 Å². The van der Waals surface area contributed by atoms with Crippen molar-refractivity contribution in [3.8, 4) is 0 Å². The third-order valence-corrected chi connectivity index (χ3v) is 3.80. The molecule has 1 unspecified atom stereocenters. The van der Waals surface area contributed by atoms with Crippen molar-refractivity contribution >= 4 is 37.6 Å². The van der Waals surface area contributed by atoms with Crippen molar-refractivity contribution < 1.29 is 9.18 Å². The first-order chi connectivity index (χ1) is 6.91. The number of carbonyl (C=O) groups excluding carboxylic acids is 1. The molecule has 1 aromatic carbocycles. The first-order valence-electron chi connectivity index (χ1n) is 4.51. The SMILES string of the molecule is CC(=O)C(Br)Cc1cc(Br)c(F)cc1C. The largest absolute Gasteiger partial charge is 0.299 e. The number of alkyl halides is 1. The molecule has 0 aliphatic heterocycles. The van der Waals surface area contributed by atoms with E-state index in [0.717, 1.165) is 11.1 Å². The van der Waals surface area contributed by atoms with E-state index in [1.54, 1.807) is 6.07 Å². The summed E-state index contributed by atoms with van der Waals surface area (Å²) in [4.78, 5) is 10.9. The van der Waals surface area contributed by atoms with Crippen LogP contribution in [0, 0.1) is 12.7 Å². The van der Waals surface area contributed by atoms with E-state index in [2.05, 4.69) is 31.9 Å². The van der Waals surface area contributed by atoms with Crippen LogP contribution in [0.15, 0.2) is 16.6 Å². The Hall–Kier alpha value is -0.220. The summed E-state index contributed by atoms with van der Waals surface area (Å²) in [6, 6.07) is 3.20. The molecular weight excluding hydrogens is 327 g/mol. The molecule has 0 saturated carbocycles. The molecule has 0 heterocycles. The van der Waals surface area contributed by atoms with Gasteiger partial charge in [-0.1, -0.05) is 15.9 Å². The van der Waals surface area contributed by atoms with Crippen molar-refractivity contribution in [1.82, 2.24) is 0 Å². The van der Waals surface area contributed by atoms with Crippen molar-refractivity contribution in [3.05, 3.63) is 33.5 Å². The number of rotatable bonds is 3. The summed E-state index contributed by atoms with van der Waals surface area (Å²) in [6.45, 7) is 3.37. The molecule has 1 aromatic rings. The summed E-state index contributed by atoms with van der Waals surface area (Å²) < 4.78 is 13.6. The Morgan fingerprint density at radius 1 is 1.53 bits per heavy atom. The second-order valence-electron chi connectivity index (χ2n) is 3.48. The van der Waals surface area contributed by atoms with Gasteiger partial charge in [0.1, 0.15) is 11.6 Å². The summed E-state index contributed by atoms with van der Waals surface area (Å²) in [5.74, 6) is -0.194. The van der Waals surface area contributed by atoms with E-state index in [-0.39, 0.29) is 16.4 Å². The molecule has 0 amide bonds. The number of hydrogen-bond acceptors (Lipinski definition) is 1. The van der Waals surface area contributed by atoms with Gasteiger partial charge >= 0.3 is 0 Å². The monoisotopic (exact) mass is 336 g/mol. The van der Waals surface area contributed by atoms with Gasteiger partial charge in [0.2, 0.25) is 0 Å². The standard InChI is InChI=1S/C11H11Br2FO/c1-6-3-11(14)10(13)5-8(6)4-9(12)7(2)15/h3,5,9H,4H2,1-2H3. The lowest BCUT2D eigenvalue weighted by Crippen LogP contribution is -2.13. The van der Waals surface area contributed by atoms with Gasteiger partial charge in [0.25, 0.3) is 0 Å². The summed E-state index contributed by atoms with van der Waals surface area (Å²) in [5.41, 5.74) is 1.83. The maximum Gasteiger partial charge on any atom is 0.143 e. The van der Waals surface area contributed by atoms with E-state index < -0.39 is 0 Å². The Morgan fingerprint density at radius 2 is 2.13 bits per heavy atom. The summed E-state index contributed by atoms with van der Waals surface area (Å²) in [7, 11) is 0. The molecule has 15 heavy (non-hydrogen) atoms. The third-order valence-electron chi connectivity index (χ3n) is 2.22. The van der Waals surface area contributed by atoms with Crippen LogP contribution in [-0.2, 0) is 11.2 Å². The van der Waals surface area contributed by atoms with E-state index in [0.29, 0.717) is 10.9 Å². The topological polar surface area (TPSA) is 17.1 Å². The predicted molar refractivity (Wildman–Crippen MR) is 65.9 cm³/mol. The molecule has 1 rings (SSSR count). The molecule has 0 N–H and O–H groups in total. The van der Waals surface area contributed by atoms with Crippen molar-refractivity contribution in [3.63, 3.8) is 0 Å². The number of Topliss-reactive ketones (excluding diaryl/α,β-unsaturated/α-hetero) is 1. The van der Waals surface area contributed by atoms with Crippen LogP contribution in [0.3, 0.4) is 0 Å². The molecule has 82 valence electrons. The number of carbonyl (C=O) groups is 1. The molecule has 0 spiro atoms. The summed E-state index contributed by atoms with van der Waals surface area (Å²) in [5, 5.41) is 0. The molecule has 0 aromatic heterocycles. The van der Waals surface area contributed by atoms with Gasteiger partial charge in [-0.15, -0.1) is 0 Å². The second kappa shape index (κ2) is 5.21. The fourth-order valence-electron chi connectivity index (χ4n) is 1.24. The maximum atomic E-state index is 13.1. The number of ketones is 1. The van der Waals surface area contributed by atoms with Crippen LogP contribution in [0.1, 0.15) is 18.1 Å². The molecule has 1 atom stereocenters. The van der Waals surface area contributed by atoms with Gasteiger partial charge in [0.15, 0.2) is 0 Å². The van der Waals surface area contributed by atoms with Crippen LogP contribution >= 0.6 is 31.9 Å². The van der Waals surface area contributed by atoms with Crippen LogP contribution in [-0.4, -0.2) is 10.6 Å². The first-order valence-corrected chi connectivity index (χ1v) is 6.21. The maximum absolute atomic E-state index is 13.1. The zero-order valence-corrected chi connectivity index (χ0v) is 11.7. The minimum absolute atomic E-state index is 0.0786. The zero-order valence-electron chi connectivity index (χ0n) is 8.48. The Kier molecular flexibility index (Phi) is 4.46. The summed E-state index contributed by atoms with van der Waals surface area (Å²) >= 11 is 6.43. The van der Waals surface area contributed by atoms with Crippen LogP contribution in [0.5, 0.6) is 0 Å². The highest BCUT2D eigenvalue weighted by atomic mass is 79.9. The minimum Gasteiger partial charge on any atom is -0.299 e. The fraction of sp³-hybridized carbons (Fsp3) is 0.364. The lowest BCUT2D eigenvalue weighted by atomic mass is 10.0. The number of benzene rings is 1. The van der Waals surface area contributed by atoms with Crippen LogP contribution < -0.4 is 0 Å². The Labute approximate surface area is 105 Å². The van der Waals surface area contributed by atoms with Gasteiger partial charge in [0.05, 0.1) is 9.30 Å². The fourth-order valence-corrected chi connectivity index (χ4v) is 1.98. The van der Waals surface area contributed by atoms with Gasteiger partial charge in [-0.25, -0.2) is 4.39 Å². The highest BCUT2D eigenvalue weighted by molar-refractivity contribution is 9.10. The smallest absolute Gasteiger partial charge is 0.143 e. The Morgan fingerprint density at radius 3 is 2.67 bits per heavy atom. The highest BCUT2D eigenvalue weighted by Crippen LogP contribution is 2.23. The molecule has 0 fully saturated rings. The van der Waals surface area contributed by atoms with Gasteiger partial charge in [-0.3, -0.25) is 4.79 Å². The quantitative estimate of drug-likeness (QED) is 0.767. The lowest BCUT2D eigenvalue weighted by Gasteiger charge is -2.10. The number of halogens is 3. The van der Waals surface area contributed by atoms with E-state index in [9.17, 15) is 9.18 Å². The Bertz CT molecular complexity index is 390. The van der Waals surface area contributed by atoms with Gasteiger partial charge in [-0.2, -0.15) is 0 Å². The predicted octanol–water partition coefficient (Wildman–Crippen LogP) is 3.79. The van der Waals surface area contributed by atoms with Crippen molar-refractivity contribution in [1.29, 1.82) is 0 Å². The van der Waals surface area contributed by atoms with E-state index >= 15 is 0 Å². The average molecular weight is 338 g/mol. The Balaban J connectivity index is 2.95. The second-order valence-corrected chi connectivity index (χ2v) is 5.43.